The smallest absolute Gasteiger partial charge is 0.164 e. The number of hydrogen-bond acceptors (Lipinski definition) is 3. The summed E-state index contributed by atoms with van der Waals surface area (Å²) in [6.45, 7) is 0. The van der Waals surface area contributed by atoms with Crippen LogP contribution in [-0.4, -0.2) is 7.11 Å². The first-order valence-electron chi connectivity index (χ1n) is 3.03. The van der Waals surface area contributed by atoms with Crippen molar-refractivity contribution in [3.63, 3.8) is 0 Å². The molecule has 0 atom stereocenters. The molecule has 4 heteroatoms. The number of methoxy groups -OCH3 is 1. The zero-order valence-electron chi connectivity index (χ0n) is 6.10. The normalized spacial score (nSPS) is 9.64. The Labute approximate surface area is 69.9 Å². The maximum Gasteiger partial charge on any atom is 0.164 e. The molecule has 60 valence electrons. The summed E-state index contributed by atoms with van der Waals surface area (Å²) in [6.07, 6.45) is 0. The van der Waals surface area contributed by atoms with E-state index in [1.54, 1.807) is 12.1 Å². The molecule has 0 amide bonds. The van der Waals surface area contributed by atoms with Gasteiger partial charge in [0.15, 0.2) is 5.75 Å². The number of hydrogen-bond donors (Lipinski definition) is 2. The van der Waals surface area contributed by atoms with Crippen LogP contribution in [0.1, 0.15) is 0 Å². The first-order chi connectivity index (χ1) is 5.15. The highest BCUT2D eigenvalue weighted by atomic mass is 35.5. The van der Waals surface area contributed by atoms with Crippen molar-refractivity contribution < 1.29 is 4.74 Å². The summed E-state index contributed by atoms with van der Waals surface area (Å²) in [5.74, 6) is 0.481. The van der Waals surface area contributed by atoms with Gasteiger partial charge in [-0.3, -0.25) is 0 Å². The van der Waals surface area contributed by atoms with Gasteiger partial charge >= 0.3 is 0 Å². The summed E-state index contributed by atoms with van der Waals surface area (Å²) in [4.78, 5) is 0. The van der Waals surface area contributed by atoms with Crippen LogP contribution in [0.4, 0.5) is 11.4 Å². The third-order valence-corrected chi connectivity index (χ3v) is 1.53. The predicted octanol–water partition coefficient (Wildman–Crippen LogP) is 1.51. The van der Waals surface area contributed by atoms with Crippen LogP contribution in [0.15, 0.2) is 12.1 Å². The molecular weight excluding hydrogens is 164 g/mol. The number of nitrogen functional groups attached to an aromatic ring is 2. The average Bonchev–Trinajstić information content (AvgIpc) is 1.85. The Morgan fingerprint density at radius 2 is 1.73 bits per heavy atom. The Kier molecular flexibility index (Phi) is 2.10. The SMILES string of the molecule is COc1c(N)cc(Cl)cc1N. The van der Waals surface area contributed by atoms with Crippen molar-refractivity contribution in [3.05, 3.63) is 17.2 Å². The van der Waals surface area contributed by atoms with E-state index >= 15 is 0 Å². The second-order valence-corrected chi connectivity index (χ2v) is 2.55. The summed E-state index contributed by atoms with van der Waals surface area (Å²) in [5.41, 5.74) is 12.0. The van der Waals surface area contributed by atoms with Crippen molar-refractivity contribution in [2.45, 2.75) is 0 Å². The highest BCUT2D eigenvalue weighted by Gasteiger charge is 2.04. The van der Waals surface area contributed by atoms with Gasteiger partial charge in [-0.1, -0.05) is 11.6 Å². The molecule has 1 aromatic rings. The molecule has 0 bridgehead atoms. The van der Waals surface area contributed by atoms with E-state index in [4.69, 9.17) is 27.8 Å². The van der Waals surface area contributed by atoms with Gasteiger partial charge in [0.1, 0.15) is 0 Å². The zero-order valence-corrected chi connectivity index (χ0v) is 6.85. The van der Waals surface area contributed by atoms with E-state index in [9.17, 15) is 0 Å². The van der Waals surface area contributed by atoms with Gasteiger partial charge in [0, 0.05) is 5.02 Å². The number of ether oxygens (including phenoxy) is 1. The summed E-state index contributed by atoms with van der Waals surface area (Å²) in [7, 11) is 1.51. The summed E-state index contributed by atoms with van der Waals surface area (Å²) in [6, 6.07) is 3.19. The fourth-order valence-electron chi connectivity index (χ4n) is 0.872. The minimum atomic E-state index is 0.456. The molecule has 0 fully saturated rings. The van der Waals surface area contributed by atoms with Crippen molar-refractivity contribution in [1.29, 1.82) is 0 Å². The molecule has 1 rings (SSSR count). The first kappa shape index (κ1) is 8.01. The molecule has 0 radical (unpaired) electrons. The molecule has 0 aromatic heterocycles. The van der Waals surface area contributed by atoms with Crippen LogP contribution in [0.25, 0.3) is 0 Å². The number of halogens is 1. The molecule has 0 saturated heterocycles. The van der Waals surface area contributed by atoms with Crippen LogP contribution >= 0.6 is 11.6 Å². The van der Waals surface area contributed by atoms with Crippen LogP contribution in [-0.2, 0) is 0 Å². The van der Waals surface area contributed by atoms with Gasteiger partial charge in [-0.15, -0.1) is 0 Å². The Balaban J connectivity index is 3.25. The van der Waals surface area contributed by atoms with Crippen molar-refractivity contribution in [1.82, 2.24) is 0 Å². The van der Waals surface area contributed by atoms with Gasteiger partial charge < -0.3 is 16.2 Å². The number of rotatable bonds is 1. The average molecular weight is 173 g/mol. The minimum absolute atomic E-state index is 0.456. The van der Waals surface area contributed by atoms with Crippen LogP contribution in [0, 0.1) is 0 Å². The number of anilines is 2. The van der Waals surface area contributed by atoms with E-state index in [0.29, 0.717) is 22.1 Å². The second kappa shape index (κ2) is 2.88. The third-order valence-electron chi connectivity index (χ3n) is 1.32. The van der Waals surface area contributed by atoms with Crippen molar-refractivity contribution in [2.24, 2.45) is 0 Å². The lowest BCUT2D eigenvalue weighted by molar-refractivity contribution is 0.419. The van der Waals surface area contributed by atoms with Gasteiger partial charge in [0.05, 0.1) is 18.5 Å². The van der Waals surface area contributed by atoms with Gasteiger partial charge in [-0.25, -0.2) is 0 Å². The van der Waals surface area contributed by atoms with Crippen molar-refractivity contribution in [3.8, 4) is 5.75 Å². The summed E-state index contributed by atoms with van der Waals surface area (Å²) in [5, 5.41) is 0.515. The second-order valence-electron chi connectivity index (χ2n) is 2.12. The molecule has 0 aliphatic carbocycles. The third kappa shape index (κ3) is 1.49. The number of benzene rings is 1. The van der Waals surface area contributed by atoms with Crippen LogP contribution in [0.2, 0.25) is 5.02 Å². The molecule has 1 aromatic carbocycles. The quantitative estimate of drug-likeness (QED) is 0.632. The maximum atomic E-state index is 5.66. The highest BCUT2D eigenvalue weighted by molar-refractivity contribution is 6.31. The van der Waals surface area contributed by atoms with E-state index in [-0.39, 0.29) is 0 Å². The summed E-state index contributed by atoms with van der Waals surface area (Å²) >= 11 is 5.66. The largest absolute Gasteiger partial charge is 0.492 e. The fraction of sp³-hybridized carbons (Fsp3) is 0.143. The van der Waals surface area contributed by atoms with E-state index < -0.39 is 0 Å². The monoisotopic (exact) mass is 172 g/mol. The van der Waals surface area contributed by atoms with Crippen LogP contribution < -0.4 is 16.2 Å². The van der Waals surface area contributed by atoms with Crippen LogP contribution in [0.5, 0.6) is 5.75 Å². The molecule has 4 N–H and O–H groups in total. The predicted molar refractivity (Wildman–Crippen MR) is 46.8 cm³/mol. The van der Waals surface area contributed by atoms with Gasteiger partial charge in [0.25, 0.3) is 0 Å². The van der Waals surface area contributed by atoms with Gasteiger partial charge in [-0.2, -0.15) is 0 Å². The molecule has 0 aliphatic rings. The van der Waals surface area contributed by atoms with Crippen molar-refractivity contribution >= 4 is 23.0 Å². The fourth-order valence-corrected chi connectivity index (χ4v) is 1.11. The molecule has 0 unspecified atom stereocenters. The molecule has 0 heterocycles. The topological polar surface area (TPSA) is 61.3 Å². The Hall–Kier alpha value is -1.09. The summed E-state index contributed by atoms with van der Waals surface area (Å²) < 4.78 is 4.92. The highest BCUT2D eigenvalue weighted by Crippen LogP contribution is 2.31. The minimum Gasteiger partial charge on any atom is -0.492 e. The molecule has 0 saturated carbocycles. The lowest BCUT2D eigenvalue weighted by Crippen LogP contribution is -1.97. The Morgan fingerprint density at radius 1 is 1.27 bits per heavy atom. The maximum absolute atomic E-state index is 5.66. The Morgan fingerprint density at radius 3 is 2.09 bits per heavy atom. The van der Waals surface area contributed by atoms with Gasteiger partial charge in [-0.05, 0) is 12.1 Å². The van der Waals surface area contributed by atoms with E-state index in [2.05, 4.69) is 0 Å². The van der Waals surface area contributed by atoms with Crippen LogP contribution in [0.3, 0.4) is 0 Å². The Bertz CT molecular complexity index is 252. The zero-order chi connectivity index (χ0) is 8.43. The molecule has 0 aliphatic heterocycles. The number of nitrogens with two attached hydrogens (primary N) is 2. The van der Waals surface area contributed by atoms with E-state index in [1.165, 1.54) is 7.11 Å². The van der Waals surface area contributed by atoms with E-state index in [1.807, 2.05) is 0 Å². The molecule has 11 heavy (non-hydrogen) atoms. The first-order valence-corrected chi connectivity index (χ1v) is 3.41. The molecule has 3 nitrogen and oxygen atoms in total. The van der Waals surface area contributed by atoms with E-state index in [0.717, 1.165) is 0 Å². The molecule has 0 spiro atoms. The standard InChI is InChI=1S/C7H9ClN2O/c1-11-7-5(9)2-4(8)3-6(7)10/h2-3H,9-10H2,1H3. The van der Waals surface area contributed by atoms with Crippen molar-refractivity contribution in [2.75, 3.05) is 18.6 Å². The van der Waals surface area contributed by atoms with Gasteiger partial charge in [0.2, 0.25) is 0 Å². The molecular formula is C7H9ClN2O. The lowest BCUT2D eigenvalue weighted by atomic mass is 10.2. The lowest BCUT2D eigenvalue weighted by Gasteiger charge is -2.07.